The maximum atomic E-state index is 10.4. The molecule has 0 aliphatic heterocycles. The average molecular weight is 127 g/mol. The Morgan fingerprint density at radius 1 is 1.56 bits per heavy atom. The zero-order valence-corrected chi connectivity index (χ0v) is 5.04. The molecule has 0 unspecified atom stereocenters. The third-order valence-corrected chi connectivity index (χ3v) is 1.87. The molecule has 3 heteroatoms. The van der Waals surface area contributed by atoms with Crippen LogP contribution in [0.5, 0.6) is 0 Å². The molecule has 3 nitrogen and oxygen atoms in total. The molecule has 1 saturated carbocycles. The summed E-state index contributed by atoms with van der Waals surface area (Å²) in [5.74, 6) is -0.580. The van der Waals surface area contributed by atoms with Crippen LogP contribution in [0.2, 0.25) is 0 Å². The van der Waals surface area contributed by atoms with Crippen LogP contribution in [0.1, 0.15) is 12.8 Å². The predicted octanol–water partition coefficient (Wildman–Crippen LogP) is -0.303. The van der Waals surface area contributed by atoms with E-state index in [1.165, 1.54) is 0 Å². The van der Waals surface area contributed by atoms with Gasteiger partial charge in [-0.2, -0.15) is 0 Å². The third-order valence-electron chi connectivity index (χ3n) is 1.87. The molecule has 0 aromatic heterocycles. The van der Waals surface area contributed by atoms with E-state index in [0.717, 1.165) is 19.1 Å². The molecule has 0 bridgehead atoms. The van der Waals surface area contributed by atoms with Crippen LogP contribution in [0.15, 0.2) is 0 Å². The van der Waals surface area contributed by atoms with E-state index in [-0.39, 0.29) is 17.7 Å². The minimum Gasteiger partial charge on any atom is -0.369 e. The second-order valence-electron chi connectivity index (χ2n) is 2.39. The quantitative estimate of drug-likeness (QED) is 0.517. The summed E-state index contributed by atoms with van der Waals surface area (Å²) in [6, 6.07) is 0. The van der Waals surface area contributed by atoms with E-state index in [4.69, 9.17) is 5.73 Å². The molecule has 9 heavy (non-hydrogen) atoms. The van der Waals surface area contributed by atoms with Gasteiger partial charge in [0.15, 0.2) is 0 Å². The second kappa shape index (κ2) is 2.17. The molecule has 2 N–H and O–H groups in total. The van der Waals surface area contributed by atoms with Crippen molar-refractivity contribution in [2.45, 2.75) is 12.8 Å². The van der Waals surface area contributed by atoms with Crippen LogP contribution in [0.3, 0.4) is 0 Å². The third kappa shape index (κ3) is 0.943. The van der Waals surface area contributed by atoms with Crippen molar-refractivity contribution in [3.8, 4) is 0 Å². The number of amides is 1. The molecule has 0 radical (unpaired) electrons. The van der Waals surface area contributed by atoms with Crippen LogP contribution in [-0.4, -0.2) is 12.2 Å². The first-order chi connectivity index (χ1) is 4.25. The number of hydrogen-bond donors (Lipinski definition) is 1. The molecule has 1 aliphatic rings. The van der Waals surface area contributed by atoms with Gasteiger partial charge >= 0.3 is 0 Å². The molecule has 0 aromatic carbocycles. The fraction of sp³-hybridized carbons (Fsp3) is 0.667. The fourth-order valence-electron chi connectivity index (χ4n) is 1.04. The summed E-state index contributed by atoms with van der Waals surface area (Å²) in [6.45, 7) is 0. The van der Waals surface area contributed by atoms with Crippen molar-refractivity contribution < 1.29 is 9.59 Å². The summed E-state index contributed by atoms with van der Waals surface area (Å²) in [5.41, 5.74) is 4.97. The lowest BCUT2D eigenvalue weighted by molar-refractivity contribution is -0.131. The molecule has 0 aromatic rings. The second-order valence-corrected chi connectivity index (χ2v) is 2.39. The molecular weight excluding hydrogens is 118 g/mol. The number of rotatable bonds is 2. The van der Waals surface area contributed by atoms with Crippen molar-refractivity contribution in [3.05, 3.63) is 0 Å². The van der Waals surface area contributed by atoms with Crippen LogP contribution in [0.25, 0.3) is 0 Å². The van der Waals surface area contributed by atoms with Crippen molar-refractivity contribution in [2.24, 2.45) is 17.6 Å². The Hall–Kier alpha value is -0.860. The molecule has 1 aliphatic carbocycles. The molecule has 2 atom stereocenters. The van der Waals surface area contributed by atoms with Crippen LogP contribution in [-0.2, 0) is 9.59 Å². The van der Waals surface area contributed by atoms with Crippen molar-refractivity contribution >= 4 is 12.2 Å². The van der Waals surface area contributed by atoms with Gasteiger partial charge < -0.3 is 10.5 Å². The summed E-state index contributed by atoms with van der Waals surface area (Å²) in [7, 11) is 0. The number of nitrogens with two attached hydrogens (primary N) is 1. The average Bonchev–Trinajstić information content (AvgIpc) is 1.61. The van der Waals surface area contributed by atoms with Gasteiger partial charge in [-0.3, -0.25) is 4.79 Å². The zero-order chi connectivity index (χ0) is 6.85. The summed E-state index contributed by atoms with van der Waals surface area (Å²) in [6.07, 6.45) is 2.44. The van der Waals surface area contributed by atoms with Crippen LogP contribution < -0.4 is 5.73 Å². The van der Waals surface area contributed by atoms with Crippen molar-refractivity contribution in [2.75, 3.05) is 0 Å². The normalized spacial score (nSPS) is 32.9. The minimum absolute atomic E-state index is 0.0810. The van der Waals surface area contributed by atoms with Crippen LogP contribution in [0, 0.1) is 11.8 Å². The standard InChI is InChI=1S/C6H9NO2/c7-6(9)5-2-1-4(5)3-8/h3-5H,1-2H2,(H2,7,9)/t4-,5-/m0/s1. The van der Waals surface area contributed by atoms with E-state index in [9.17, 15) is 9.59 Å². The lowest BCUT2D eigenvalue weighted by Crippen LogP contribution is -2.38. The molecular formula is C6H9NO2. The highest BCUT2D eigenvalue weighted by molar-refractivity contribution is 5.81. The molecule has 0 spiro atoms. The van der Waals surface area contributed by atoms with Gasteiger partial charge in [0.05, 0.1) is 0 Å². The molecule has 1 amide bonds. The number of primary amides is 1. The first-order valence-corrected chi connectivity index (χ1v) is 3.00. The van der Waals surface area contributed by atoms with Gasteiger partial charge in [-0.1, -0.05) is 0 Å². The Morgan fingerprint density at radius 2 is 2.22 bits per heavy atom. The topological polar surface area (TPSA) is 60.2 Å². The lowest BCUT2D eigenvalue weighted by atomic mass is 9.74. The Balaban J connectivity index is 2.44. The number of aldehydes is 1. The maximum Gasteiger partial charge on any atom is 0.221 e. The number of carbonyl (C=O) groups excluding carboxylic acids is 2. The van der Waals surface area contributed by atoms with Gasteiger partial charge in [-0.15, -0.1) is 0 Å². The van der Waals surface area contributed by atoms with E-state index in [0.29, 0.717) is 0 Å². The Labute approximate surface area is 53.2 Å². The Kier molecular flexibility index (Phi) is 1.51. The van der Waals surface area contributed by atoms with Crippen molar-refractivity contribution in [1.82, 2.24) is 0 Å². The molecule has 1 fully saturated rings. The zero-order valence-electron chi connectivity index (χ0n) is 5.04. The van der Waals surface area contributed by atoms with E-state index in [1.807, 2.05) is 0 Å². The van der Waals surface area contributed by atoms with Gasteiger partial charge in [-0.25, -0.2) is 0 Å². The van der Waals surface area contributed by atoms with Crippen LogP contribution in [0.4, 0.5) is 0 Å². The highest BCUT2D eigenvalue weighted by Gasteiger charge is 2.34. The maximum absolute atomic E-state index is 10.4. The summed E-state index contributed by atoms with van der Waals surface area (Å²) >= 11 is 0. The van der Waals surface area contributed by atoms with Gasteiger partial charge in [0, 0.05) is 11.8 Å². The number of hydrogen-bond acceptors (Lipinski definition) is 2. The highest BCUT2D eigenvalue weighted by Crippen LogP contribution is 2.31. The molecule has 0 heterocycles. The SMILES string of the molecule is NC(=O)[C@H]1CC[C@H]1C=O. The molecule has 0 saturated heterocycles. The van der Waals surface area contributed by atoms with Gasteiger partial charge in [0.1, 0.15) is 6.29 Å². The van der Waals surface area contributed by atoms with Gasteiger partial charge in [0.2, 0.25) is 5.91 Å². The predicted molar refractivity (Wildman–Crippen MR) is 31.5 cm³/mol. The largest absolute Gasteiger partial charge is 0.369 e. The summed E-state index contributed by atoms with van der Waals surface area (Å²) in [5, 5.41) is 0. The Bertz CT molecular complexity index is 144. The Morgan fingerprint density at radius 3 is 2.33 bits per heavy atom. The van der Waals surface area contributed by atoms with Gasteiger partial charge in [0.25, 0.3) is 0 Å². The van der Waals surface area contributed by atoms with Gasteiger partial charge in [-0.05, 0) is 12.8 Å². The van der Waals surface area contributed by atoms with Crippen molar-refractivity contribution in [1.29, 1.82) is 0 Å². The smallest absolute Gasteiger partial charge is 0.221 e. The summed E-state index contributed by atoms with van der Waals surface area (Å²) in [4.78, 5) is 20.5. The van der Waals surface area contributed by atoms with E-state index < -0.39 is 0 Å². The lowest BCUT2D eigenvalue weighted by Gasteiger charge is -2.29. The van der Waals surface area contributed by atoms with Crippen molar-refractivity contribution in [3.63, 3.8) is 0 Å². The van der Waals surface area contributed by atoms with E-state index >= 15 is 0 Å². The highest BCUT2D eigenvalue weighted by atomic mass is 16.1. The first-order valence-electron chi connectivity index (χ1n) is 3.00. The molecule has 1 rings (SSSR count). The number of carbonyl (C=O) groups is 2. The summed E-state index contributed by atoms with van der Waals surface area (Å²) < 4.78 is 0. The molecule has 50 valence electrons. The van der Waals surface area contributed by atoms with Crippen LogP contribution >= 0.6 is 0 Å². The minimum atomic E-state index is -0.335. The van der Waals surface area contributed by atoms with E-state index in [2.05, 4.69) is 0 Å². The van der Waals surface area contributed by atoms with E-state index in [1.54, 1.807) is 0 Å². The fourth-order valence-corrected chi connectivity index (χ4v) is 1.04. The first kappa shape index (κ1) is 6.26. The monoisotopic (exact) mass is 127 g/mol.